The number of nitrogens with one attached hydrogen (secondary N) is 1. The lowest BCUT2D eigenvalue weighted by Crippen LogP contribution is -2.76. The molecule has 0 radical (unpaired) electrons. The molecule has 1 amide bonds. The van der Waals surface area contributed by atoms with Crippen molar-refractivity contribution in [3.63, 3.8) is 0 Å². The van der Waals surface area contributed by atoms with E-state index in [0.29, 0.717) is 19.4 Å². The highest BCUT2D eigenvalue weighted by molar-refractivity contribution is 8.06. The Morgan fingerprint density at radius 3 is 2.59 bits per heavy atom. The van der Waals surface area contributed by atoms with Gasteiger partial charge in [-0.2, -0.15) is 23.5 Å². The minimum absolute atomic E-state index is 0.131. The van der Waals surface area contributed by atoms with Crippen molar-refractivity contribution < 1.29 is 19.4 Å². The minimum Gasteiger partial charge on any atom is -0.479 e. The fourth-order valence-corrected chi connectivity index (χ4v) is 5.87. The van der Waals surface area contributed by atoms with E-state index in [1.807, 2.05) is 32.5 Å². The second kappa shape index (κ2) is 7.01. The number of amides is 1. The van der Waals surface area contributed by atoms with Gasteiger partial charge in [-0.3, -0.25) is 4.79 Å². The second-order valence-corrected chi connectivity index (χ2v) is 8.96. The van der Waals surface area contributed by atoms with Crippen LogP contribution in [0, 0.1) is 5.41 Å². The molecular formula is C15H25NO4S2. The molecule has 22 heavy (non-hydrogen) atoms. The van der Waals surface area contributed by atoms with Crippen molar-refractivity contribution in [3.8, 4) is 0 Å². The van der Waals surface area contributed by atoms with Crippen molar-refractivity contribution in [3.05, 3.63) is 0 Å². The molecule has 2 aliphatic rings. The van der Waals surface area contributed by atoms with E-state index in [4.69, 9.17) is 4.74 Å². The van der Waals surface area contributed by atoms with Crippen molar-refractivity contribution >= 4 is 35.4 Å². The van der Waals surface area contributed by atoms with Gasteiger partial charge >= 0.3 is 5.97 Å². The fourth-order valence-electron chi connectivity index (χ4n) is 3.19. The van der Waals surface area contributed by atoms with E-state index in [2.05, 4.69) is 5.32 Å². The number of carboxylic acid groups (broad SMARTS) is 1. The third kappa shape index (κ3) is 3.26. The van der Waals surface area contributed by atoms with E-state index in [1.54, 1.807) is 11.8 Å². The van der Waals surface area contributed by atoms with Crippen molar-refractivity contribution in [1.29, 1.82) is 0 Å². The van der Waals surface area contributed by atoms with Crippen LogP contribution in [0.1, 0.15) is 33.6 Å². The van der Waals surface area contributed by atoms with Gasteiger partial charge in [-0.05, 0) is 6.92 Å². The highest BCUT2D eigenvalue weighted by Gasteiger charge is 2.66. The van der Waals surface area contributed by atoms with E-state index in [0.717, 1.165) is 17.3 Å². The zero-order valence-corrected chi connectivity index (χ0v) is 15.0. The van der Waals surface area contributed by atoms with E-state index < -0.39 is 16.9 Å². The van der Waals surface area contributed by atoms with Crippen LogP contribution in [0.5, 0.6) is 0 Å². The third-order valence-corrected chi connectivity index (χ3v) is 7.63. The molecule has 3 atom stereocenters. The van der Waals surface area contributed by atoms with Crippen LogP contribution in [0.2, 0.25) is 0 Å². The molecule has 2 N–H and O–H groups in total. The minimum atomic E-state index is -1.21. The monoisotopic (exact) mass is 347 g/mol. The molecule has 0 aromatic rings. The molecule has 1 heterocycles. The number of carbonyl (C=O) groups excluding carboxylic acids is 1. The molecule has 2 fully saturated rings. The van der Waals surface area contributed by atoms with Gasteiger partial charge in [0.25, 0.3) is 0 Å². The summed E-state index contributed by atoms with van der Waals surface area (Å²) in [5.74, 6) is 2.02. The first-order valence-corrected chi connectivity index (χ1v) is 9.89. The lowest BCUT2D eigenvalue weighted by atomic mass is 9.54. The summed E-state index contributed by atoms with van der Waals surface area (Å²) in [5, 5.41) is 12.8. The van der Waals surface area contributed by atoms with Gasteiger partial charge in [0.1, 0.15) is 5.54 Å². The standard InChI is InChI=1S/C15H25NO4S2/c1-4-20-11-8-15(13(18)19,14(11,2)3)16-12(17)7-10-9-21-5-6-22-10/h10-11H,4-9H2,1-3H3,(H,16,17)(H,18,19). The predicted octanol–water partition coefficient (Wildman–Crippen LogP) is 2.00. The first kappa shape index (κ1) is 17.9. The third-order valence-electron chi connectivity index (χ3n) is 4.78. The average Bonchev–Trinajstić information content (AvgIpc) is 2.46. The summed E-state index contributed by atoms with van der Waals surface area (Å²) in [4.78, 5) is 24.2. The van der Waals surface area contributed by atoms with Crippen molar-refractivity contribution in [2.45, 2.75) is 50.5 Å². The van der Waals surface area contributed by atoms with E-state index in [9.17, 15) is 14.7 Å². The molecule has 3 unspecified atom stereocenters. The first-order chi connectivity index (χ1) is 10.3. The highest BCUT2D eigenvalue weighted by atomic mass is 32.2. The predicted molar refractivity (Wildman–Crippen MR) is 90.5 cm³/mol. The molecule has 0 bridgehead atoms. The Hall–Kier alpha value is -0.400. The van der Waals surface area contributed by atoms with E-state index in [1.165, 1.54) is 0 Å². The molecule has 7 heteroatoms. The molecule has 1 saturated carbocycles. The van der Waals surface area contributed by atoms with Gasteiger partial charge in [0.15, 0.2) is 0 Å². The van der Waals surface area contributed by atoms with Crippen LogP contribution < -0.4 is 5.32 Å². The van der Waals surface area contributed by atoms with Gasteiger partial charge < -0.3 is 15.2 Å². The number of rotatable bonds is 6. The van der Waals surface area contributed by atoms with Crippen LogP contribution in [0.3, 0.4) is 0 Å². The summed E-state index contributed by atoms with van der Waals surface area (Å²) in [6.45, 7) is 6.16. The van der Waals surface area contributed by atoms with Gasteiger partial charge in [-0.25, -0.2) is 4.79 Å². The maximum Gasteiger partial charge on any atom is 0.330 e. The topological polar surface area (TPSA) is 75.6 Å². The lowest BCUT2D eigenvalue weighted by Gasteiger charge is -2.58. The number of carboxylic acids is 1. The normalized spacial score (nSPS) is 33.8. The first-order valence-electron chi connectivity index (χ1n) is 7.69. The van der Waals surface area contributed by atoms with Crippen LogP contribution in [0.15, 0.2) is 0 Å². The molecule has 1 aliphatic heterocycles. The van der Waals surface area contributed by atoms with Crippen molar-refractivity contribution in [2.24, 2.45) is 5.41 Å². The van der Waals surface area contributed by atoms with Crippen LogP contribution in [-0.2, 0) is 14.3 Å². The van der Waals surface area contributed by atoms with Gasteiger partial charge in [0.2, 0.25) is 5.91 Å². The van der Waals surface area contributed by atoms with Gasteiger partial charge in [0.05, 0.1) is 6.10 Å². The molecular weight excluding hydrogens is 322 g/mol. The summed E-state index contributed by atoms with van der Waals surface area (Å²) >= 11 is 3.66. The van der Waals surface area contributed by atoms with Crippen LogP contribution in [0.25, 0.3) is 0 Å². The Labute approximate surface area is 140 Å². The number of thioether (sulfide) groups is 2. The molecule has 1 aliphatic carbocycles. The summed E-state index contributed by atoms with van der Waals surface area (Å²) in [6.07, 6.45) is 0.595. The number of aliphatic carboxylic acids is 1. The zero-order valence-electron chi connectivity index (χ0n) is 13.4. The molecule has 2 rings (SSSR count). The maximum atomic E-state index is 12.3. The SMILES string of the molecule is CCOC1CC(NC(=O)CC2CSCCS2)(C(=O)O)C1(C)C. The largest absolute Gasteiger partial charge is 0.479 e. The molecule has 0 aromatic carbocycles. The van der Waals surface area contributed by atoms with Crippen LogP contribution in [-0.4, -0.2) is 57.7 Å². The number of ether oxygens (including phenoxy) is 1. The Balaban J connectivity index is 2.00. The van der Waals surface area contributed by atoms with Gasteiger partial charge in [-0.15, -0.1) is 0 Å². The van der Waals surface area contributed by atoms with E-state index >= 15 is 0 Å². The zero-order chi connectivity index (χ0) is 16.4. The summed E-state index contributed by atoms with van der Waals surface area (Å²) in [6, 6.07) is 0. The quantitative estimate of drug-likeness (QED) is 0.765. The Bertz CT molecular complexity index is 437. The Morgan fingerprint density at radius 1 is 1.36 bits per heavy atom. The van der Waals surface area contributed by atoms with E-state index in [-0.39, 0.29) is 17.3 Å². The Kier molecular flexibility index (Phi) is 5.72. The number of hydrogen-bond donors (Lipinski definition) is 2. The smallest absolute Gasteiger partial charge is 0.330 e. The lowest BCUT2D eigenvalue weighted by molar-refractivity contribution is -0.194. The second-order valence-electron chi connectivity index (χ2n) is 6.40. The highest BCUT2D eigenvalue weighted by Crippen LogP contribution is 2.51. The molecule has 126 valence electrons. The van der Waals surface area contributed by atoms with Gasteiger partial charge in [0, 0.05) is 47.4 Å². The molecule has 1 saturated heterocycles. The summed E-state index contributed by atoms with van der Waals surface area (Å²) in [5.41, 5.74) is -1.82. The number of hydrogen-bond acceptors (Lipinski definition) is 5. The molecule has 0 spiro atoms. The van der Waals surface area contributed by atoms with Crippen LogP contribution in [0.4, 0.5) is 0 Å². The summed E-state index contributed by atoms with van der Waals surface area (Å²) in [7, 11) is 0. The van der Waals surface area contributed by atoms with Crippen molar-refractivity contribution in [1.82, 2.24) is 5.32 Å². The Morgan fingerprint density at radius 2 is 2.09 bits per heavy atom. The maximum absolute atomic E-state index is 12.3. The molecule has 0 aromatic heterocycles. The fraction of sp³-hybridized carbons (Fsp3) is 0.867. The number of carbonyl (C=O) groups is 2. The summed E-state index contributed by atoms with van der Waals surface area (Å²) < 4.78 is 5.61. The molecule has 5 nitrogen and oxygen atoms in total. The van der Waals surface area contributed by atoms with Gasteiger partial charge in [-0.1, -0.05) is 13.8 Å². The average molecular weight is 348 g/mol. The van der Waals surface area contributed by atoms with Crippen molar-refractivity contribution in [2.75, 3.05) is 23.9 Å². The van der Waals surface area contributed by atoms with Crippen LogP contribution >= 0.6 is 23.5 Å².